The molecule has 0 unspecified atom stereocenters. The second-order valence-electron chi connectivity index (χ2n) is 13.2. The summed E-state index contributed by atoms with van der Waals surface area (Å²) in [6.07, 6.45) is 5.97. The molecule has 1 aliphatic rings. The molecule has 0 amide bonds. The number of hydrogen-bond donors (Lipinski definition) is 1. The zero-order valence-electron chi connectivity index (χ0n) is 26.4. The highest BCUT2D eigenvalue weighted by molar-refractivity contribution is 6.74. The van der Waals surface area contributed by atoms with Crippen LogP contribution >= 0.6 is 0 Å². The molecule has 0 fully saturated rings. The van der Waals surface area contributed by atoms with Crippen molar-refractivity contribution in [1.82, 2.24) is 0 Å². The Bertz CT molecular complexity index is 1430. The van der Waals surface area contributed by atoms with Gasteiger partial charge in [-0.3, -0.25) is 9.59 Å². The first-order valence-electron chi connectivity index (χ1n) is 14.4. The van der Waals surface area contributed by atoms with E-state index in [9.17, 15) is 18.8 Å². The van der Waals surface area contributed by atoms with E-state index in [1.54, 1.807) is 46.0 Å². The van der Waals surface area contributed by atoms with Crippen molar-refractivity contribution < 1.29 is 27.9 Å². The first kappa shape index (κ1) is 33.1. The molecule has 2 aromatic carbocycles. The highest BCUT2D eigenvalue weighted by Gasteiger charge is 2.36. The van der Waals surface area contributed by atoms with Crippen molar-refractivity contribution >= 4 is 43.7 Å². The summed E-state index contributed by atoms with van der Waals surface area (Å²) in [5.41, 5.74) is 2.84. The maximum absolute atomic E-state index is 14.2. The van der Waals surface area contributed by atoms with Gasteiger partial charge in [0.15, 0.2) is 19.9 Å². The Morgan fingerprint density at radius 3 is 2.38 bits per heavy atom. The molecule has 0 bridgehead atoms. The zero-order valence-corrected chi connectivity index (χ0v) is 27.4. The molecule has 0 aromatic heterocycles. The predicted molar refractivity (Wildman–Crippen MR) is 170 cm³/mol. The van der Waals surface area contributed by atoms with Crippen LogP contribution in [-0.2, 0) is 31.6 Å². The van der Waals surface area contributed by atoms with E-state index in [-0.39, 0.29) is 35.0 Å². The molecule has 8 heteroatoms. The standard InChI is InChI=1S/C34H44FNO5Si/c1-33(2,3)41-32(39)24-14-13-23(22(16-24)12-10-11-15-40-42(8,9)34(4,5)6)19-30(37)28-18-25-17-26(35)20-29(36-7)27(25)21-31(28)38/h10,12-14,16-18,20,36H,11,15,19,21H2,1-9H3/b12-10+. The maximum atomic E-state index is 14.2. The lowest BCUT2D eigenvalue weighted by Crippen LogP contribution is -2.40. The third kappa shape index (κ3) is 8.35. The van der Waals surface area contributed by atoms with Crippen LogP contribution in [0.1, 0.15) is 80.6 Å². The molecule has 226 valence electrons. The highest BCUT2D eigenvalue weighted by Crippen LogP contribution is 2.36. The highest BCUT2D eigenvalue weighted by atomic mass is 28.4. The summed E-state index contributed by atoms with van der Waals surface area (Å²) < 4.78 is 26.0. The van der Waals surface area contributed by atoms with Crippen molar-refractivity contribution in [2.45, 2.75) is 84.5 Å². The fourth-order valence-electron chi connectivity index (χ4n) is 4.39. The van der Waals surface area contributed by atoms with E-state index >= 15 is 0 Å². The number of Topliss-reactive ketones (excluding diaryl/α,β-unsaturated/α-hetero) is 2. The minimum atomic E-state index is -1.88. The second kappa shape index (κ2) is 12.9. The summed E-state index contributed by atoms with van der Waals surface area (Å²) in [6, 6.07) is 7.75. The van der Waals surface area contributed by atoms with Gasteiger partial charge in [0.05, 0.1) is 11.1 Å². The Hall–Kier alpha value is -3.36. The van der Waals surface area contributed by atoms with Crippen molar-refractivity contribution in [3.05, 3.63) is 75.6 Å². The van der Waals surface area contributed by atoms with Gasteiger partial charge in [0.25, 0.3) is 0 Å². The fraction of sp³-hybridized carbons (Fsp3) is 0.441. The van der Waals surface area contributed by atoms with Gasteiger partial charge in [0, 0.05) is 32.2 Å². The minimum Gasteiger partial charge on any atom is -0.456 e. The molecular formula is C34H44FNO5Si. The van der Waals surface area contributed by atoms with Crippen LogP contribution in [0.25, 0.3) is 12.2 Å². The summed E-state index contributed by atoms with van der Waals surface area (Å²) in [4.78, 5) is 39.2. The predicted octanol–water partition coefficient (Wildman–Crippen LogP) is 7.57. The van der Waals surface area contributed by atoms with Crippen molar-refractivity contribution in [2.75, 3.05) is 19.0 Å². The average molecular weight is 594 g/mol. The van der Waals surface area contributed by atoms with E-state index in [1.807, 2.05) is 12.2 Å². The molecule has 1 N–H and O–H groups in total. The Kier molecular flexibility index (Phi) is 10.2. The fourth-order valence-corrected chi connectivity index (χ4v) is 5.45. The molecule has 3 rings (SSSR count). The molecule has 2 aromatic rings. The quantitative estimate of drug-likeness (QED) is 0.132. The van der Waals surface area contributed by atoms with Crippen LogP contribution in [0.2, 0.25) is 18.1 Å². The van der Waals surface area contributed by atoms with E-state index in [0.29, 0.717) is 46.5 Å². The molecule has 0 atom stereocenters. The van der Waals surface area contributed by atoms with Gasteiger partial charge in [-0.1, -0.05) is 39.0 Å². The lowest BCUT2D eigenvalue weighted by molar-refractivity contribution is -0.120. The number of ether oxygens (including phenoxy) is 1. The topological polar surface area (TPSA) is 81.7 Å². The summed E-state index contributed by atoms with van der Waals surface area (Å²) in [5.74, 6) is -1.57. The second-order valence-corrected chi connectivity index (χ2v) is 18.1. The van der Waals surface area contributed by atoms with Gasteiger partial charge in [-0.15, -0.1) is 0 Å². The molecule has 0 heterocycles. The number of rotatable bonds is 10. The normalized spacial score (nSPS) is 14.0. The van der Waals surface area contributed by atoms with Crippen LogP contribution in [0.5, 0.6) is 0 Å². The summed E-state index contributed by atoms with van der Waals surface area (Å²) >= 11 is 0. The number of nitrogens with one attached hydrogen (secondary N) is 1. The lowest BCUT2D eigenvalue weighted by Gasteiger charge is -2.36. The van der Waals surface area contributed by atoms with Gasteiger partial charge in [-0.2, -0.15) is 0 Å². The maximum Gasteiger partial charge on any atom is 0.338 e. The number of carbonyl (C=O) groups excluding carboxylic acids is 3. The van der Waals surface area contributed by atoms with Gasteiger partial charge in [0.1, 0.15) is 11.4 Å². The van der Waals surface area contributed by atoms with E-state index in [1.165, 1.54) is 18.2 Å². The number of halogens is 1. The average Bonchev–Trinajstić information content (AvgIpc) is 2.86. The number of fused-ring (bicyclic) bond motifs is 1. The molecular weight excluding hydrogens is 549 g/mol. The van der Waals surface area contributed by atoms with Crippen molar-refractivity contribution in [3.63, 3.8) is 0 Å². The van der Waals surface area contributed by atoms with E-state index in [4.69, 9.17) is 9.16 Å². The molecule has 0 saturated heterocycles. The van der Waals surface area contributed by atoms with Crippen LogP contribution in [0, 0.1) is 5.82 Å². The summed E-state index contributed by atoms with van der Waals surface area (Å²) in [6.45, 7) is 17.0. The van der Waals surface area contributed by atoms with Gasteiger partial charge in [-0.25, -0.2) is 9.18 Å². The SMILES string of the molecule is CNc1cc(F)cc2c1CC(=O)C(C(=O)Cc1ccc(C(=O)OC(C)(C)C)cc1/C=C/CCO[Si](C)(C)C(C)(C)C)=C2. The van der Waals surface area contributed by atoms with Crippen molar-refractivity contribution in [2.24, 2.45) is 0 Å². The third-order valence-corrected chi connectivity index (χ3v) is 12.3. The van der Waals surface area contributed by atoms with Gasteiger partial charge in [0.2, 0.25) is 0 Å². The van der Waals surface area contributed by atoms with Crippen molar-refractivity contribution in [3.8, 4) is 0 Å². The minimum absolute atomic E-state index is 0.0158. The number of carbonyl (C=O) groups is 3. The van der Waals surface area contributed by atoms with E-state index in [0.717, 1.165) is 0 Å². The smallest absolute Gasteiger partial charge is 0.338 e. The van der Waals surface area contributed by atoms with Crippen LogP contribution in [-0.4, -0.2) is 45.1 Å². The Morgan fingerprint density at radius 2 is 1.76 bits per heavy atom. The zero-order chi connectivity index (χ0) is 31.5. The van der Waals surface area contributed by atoms with Crippen LogP contribution in [0.3, 0.4) is 0 Å². The van der Waals surface area contributed by atoms with Gasteiger partial charge >= 0.3 is 5.97 Å². The molecule has 1 aliphatic carbocycles. The first-order chi connectivity index (χ1) is 19.4. The van der Waals surface area contributed by atoms with E-state index < -0.39 is 25.7 Å². The molecule has 0 spiro atoms. The number of hydrogen-bond acceptors (Lipinski definition) is 6. The van der Waals surface area contributed by atoms with E-state index in [2.05, 4.69) is 39.2 Å². The number of ketones is 2. The Morgan fingerprint density at radius 1 is 1.07 bits per heavy atom. The Balaban J connectivity index is 1.88. The van der Waals surface area contributed by atoms with Crippen LogP contribution < -0.4 is 5.32 Å². The molecule has 0 aliphatic heterocycles. The number of anilines is 1. The van der Waals surface area contributed by atoms with Crippen molar-refractivity contribution in [1.29, 1.82) is 0 Å². The lowest BCUT2D eigenvalue weighted by atomic mass is 9.86. The molecule has 42 heavy (non-hydrogen) atoms. The third-order valence-electron chi connectivity index (χ3n) is 7.74. The summed E-state index contributed by atoms with van der Waals surface area (Å²) in [7, 11) is -0.214. The van der Waals surface area contributed by atoms with Gasteiger partial charge in [-0.05, 0) is 97.9 Å². The Labute approximate surface area is 250 Å². The van der Waals surface area contributed by atoms with Crippen LogP contribution in [0.15, 0.2) is 42.0 Å². The molecule has 0 radical (unpaired) electrons. The van der Waals surface area contributed by atoms with Gasteiger partial charge < -0.3 is 14.5 Å². The molecule has 6 nitrogen and oxygen atoms in total. The number of esters is 1. The largest absolute Gasteiger partial charge is 0.456 e. The monoisotopic (exact) mass is 593 g/mol. The summed E-state index contributed by atoms with van der Waals surface area (Å²) in [5, 5.41) is 3.03. The number of allylic oxidation sites excluding steroid dienone is 1. The van der Waals surface area contributed by atoms with Crippen LogP contribution in [0.4, 0.5) is 10.1 Å². The first-order valence-corrected chi connectivity index (χ1v) is 17.3. The molecule has 0 saturated carbocycles. The number of benzene rings is 2.